The van der Waals surface area contributed by atoms with Crippen molar-refractivity contribution >= 4 is 11.8 Å². The van der Waals surface area contributed by atoms with E-state index in [0.29, 0.717) is 25.2 Å². The number of carbonyl (C=O) groups excluding carboxylic acids is 2. The topological polar surface area (TPSA) is 111 Å². The molecule has 28 heavy (non-hydrogen) atoms. The summed E-state index contributed by atoms with van der Waals surface area (Å²) in [7, 11) is 0. The van der Waals surface area contributed by atoms with Crippen LogP contribution < -0.4 is 10.9 Å². The van der Waals surface area contributed by atoms with Crippen LogP contribution in [0, 0.1) is 0 Å². The number of carbonyl (C=O) groups is 2. The zero-order valence-electron chi connectivity index (χ0n) is 15.0. The standard InChI is InChI=1S/C20H19N5O3/c26-18-15(6-7-16(24-18)13-4-2-1-3-5-13)20(28)25-9-8-22-19(27)17(25)10-14-11-21-12-23-14/h1-7,11-12,17H,8-10H2,(H,21,23)(H,22,27)(H,24,26). The van der Waals surface area contributed by atoms with Gasteiger partial charge in [0, 0.05) is 37.1 Å². The third kappa shape index (κ3) is 3.44. The van der Waals surface area contributed by atoms with Gasteiger partial charge in [0.05, 0.1) is 6.33 Å². The molecule has 0 aliphatic carbocycles. The average Bonchev–Trinajstić information content (AvgIpc) is 3.23. The fourth-order valence-corrected chi connectivity index (χ4v) is 3.35. The molecule has 8 heteroatoms. The summed E-state index contributed by atoms with van der Waals surface area (Å²) in [5, 5.41) is 2.77. The monoisotopic (exact) mass is 377 g/mol. The van der Waals surface area contributed by atoms with Gasteiger partial charge in [-0.2, -0.15) is 0 Å². The van der Waals surface area contributed by atoms with Gasteiger partial charge in [0.25, 0.3) is 11.5 Å². The van der Waals surface area contributed by atoms with Gasteiger partial charge in [-0.3, -0.25) is 14.4 Å². The second kappa shape index (κ2) is 7.51. The molecular weight excluding hydrogens is 358 g/mol. The van der Waals surface area contributed by atoms with Gasteiger partial charge in [-0.05, 0) is 17.7 Å². The number of imidazole rings is 1. The fourth-order valence-electron chi connectivity index (χ4n) is 3.35. The summed E-state index contributed by atoms with van der Waals surface area (Å²) in [4.78, 5) is 49.1. The highest BCUT2D eigenvalue weighted by molar-refractivity contribution is 5.98. The van der Waals surface area contributed by atoms with E-state index in [1.165, 1.54) is 17.3 Å². The first-order valence-corrected chi connectivity index (χ1v) is 8.98. The Balaban J connectivity index is 1.62. The molecule has 0 spiro atoms. The lowest BCUT2D eigenvalue weighted by Crippen LogP contribution is -2.58. The van der Waals surface area contributed by atoms with Crippen molar-refractivity contribution in [3.63, 3.8) is 0 Å². The maximum atomic E-state index is 13.1. The molecule has 1 unspecified atom stereocenters. The van der Waals surface area contributed by atoms with Gasteiger partial charge in [-0.15, -0.1) is 0 Å². The van der Waals surface area contributed by atoms with E-state index in [1.54, 1.807) is 12.3 Å². The molecular formula is C20H19N5O3. The highest BCUT2D eigenvalue weighted by atomic mass is 16.2. The normalized spacial score (nSPS) is 16.6. The van der Waals surface area contributed by atoms with E-state index in [9.17, 15) is 14.4 Å². The van der Waals surface area contributed by atoms with E-state index in [-0.39, 0.29) is 11.5 Å². The minimum Gasteiger partial charge on any atom is -0.353 e. The maximum Gasteiger partial charge on any atom is 0.261 e. The van der Waals surface area contributed by atoms with Crippen LogP contribution in [0.3, 0.4) is 0 Å². The molecule has 3 aromatic rings. The van der Waals surface area contributed by atoms with Gasteiger partial charge in [0.2, 0.25) is 5.91 Å². The van der Waals surface area contributed by atoms with Crippen LogP contribution in [0.2, 0.25) is 0 Å². The molecule has 1 fully saturated rings. The first-order valence-electron chi connectivity index (χ1n) is 8.98. The van der Waals surface area contributed by atoms with Crippen LogP contribution in [0.5, 0.6) is 0 Å². The first-order chi connectivity index (χ1) is 13.6. The molecule has 1 saturated heterocycles. The quantitative estimate of drug-likeness (QED) is 0.628. The number of rotatable bonds is 4. The molecule has 0 saturated carbocycles. The number of amides is 2. The van der Waals surface area contributed by atoms with Crippen molar-refractivity contribution in [2.45, 2.75) is 12.5 Å². The van der Waals surface area contributed by atoms with Crippen LogP contribution in [0.15, 0.2) is 59.8 Å². The summed E-state index contributed by atoms with van der Waals surface area (Å²) >= 11 is 0. The van der Waals surface area contributed by atoms with E-state index in [2.05, 4.69) is 20.3 Å². The van der Waals surface area contributed by atoms with Gasteiger partial charge in [-0.1, -0.05) is 30.3 Å². The number of nitrogens with one attached hydrogen (secondary N) is 3. The van der Waals surface area contributed by atoms with Crippen molar-refractivity contribution in [2.24, 2.45) is 0 Å². The number of aromatic nitrogens is 3. The molecule has 4 rings (SSSR count). The fraction of sp³-hybridized carbons (Fsp3) is 0.200. The Bertz CT molecular complexity index is 1040. The second-order valence-corrected chi connectivity index (χ2v) is 6.57. The van der Waals surface area contributed by atoms with Crippen LogP contribution in [-0.2, 0) is 11.2 Å². The lowest BCUT2D eigenvalue weighted by molar-refractivity contribution is -0.127. The van der Waals surface area contributed by atoms with Crippen molar-refractivity contribution in [3.05, 3.63) is 76.6 Å². The molecule has 0 bridgehead atoms. The first kappa shape index (κ1) is 17.7. The molecule has 3 heterocycles. The summed E-state index contributed by atoms with van der Waals surface area (Å²) in [6.07, 6.45) is 3.44. The number of piperazine rings is 1. The number of benzene rings is 1. The molecule has 1 aliphatic rings. The Kier molecular flexibility index (Phi) is 4.76. The maximum absolute atomic E-state index is 13.1. The van der Waals surface area contributed by atoms with Gasteiger partial charge >= 0.3 is 0 Å². The SMILES string of the molecule is O=C1NCCN(C(=O)c2ccc(-c3ccccc3)[nH]c2=O)C1Cc1cnc[nH]1. The Morgan fingerprint density at radius 3 is 2.68 bits per heavy atom. The Labute approximate surface area is 160 Å². The summed E-state index contributed by atoms with van der Waals surface area (Å²) < 4.78 is 0. The van der Waals surface area contributed by atoms with Crippen molar-refractivity contribution < 1.29 is 9.59 Å². The lowest BCUT2D eigenvalue weighted by atomic mass is 10.0. The Hall–Kier alpha value is -3.68. The average molecular weight is 377 g/mol. The number of hydrogen-bond acceptors (Lipinski definition) is 4. The summed E-state index contributed by atoms with van der Waals surface area (Å²) in [6.45, 7) is 0.688. The van der Waals surface area contributed by atoms with Crippen molar-refractivity contribution in [1.29, 1.82) is 0 Å². The van der Waals surface area contributed by atoms with Crippen LogP contribution in [0.4, 0.5) is 0 Å². The van der Waals surface area contributed by atoms with E-state index in [4.69, 9.17) is 0 Å². The summed E-state index contributed by atoms with van der Waals surface area (Å²) in [5.74, 6) is -0.702. The van der Waals surface area contributed by atoms with Gasteiger partial charge in [0.15, 0.2) is 0 Å². The van der Waals surface area contributed by atoms with E-state index >= 15 is 0 Å². The molecule has 2 amide bonds. The van der Waals surface area contributed by atoms with E-state index in [1.807, 2.05) is 30.3 Å². The number of pyridine rings is 1. The van der Waals surface area contributed by atoms with Crippen molar-refractivity contribution in [1.82, 2.24) is 25.2 Å². The molecule has 1 aliphatic heterocycles. The van der Waals surface area contributed by atoms with Crippen molar-refractivity contribution in [2.75, 3.05) is 13.1 Å². The molecule has 1 aromatic carbocycles. The van der Waals surface area contributed by atoms with Crippen LogP contribution >= 0.6 is 0 Å². The van der Waals surface area contributed by atoms with Crippen LogP contribution in [-0.4, -0.2) is 50.8 Å². The summed E-state index contributed by atoms with van der Waals surface area (Å²) in [5.41, 5.74) is 1.77. The number of aromatic amines is 2. The minimum atomic E-state index is -0.699. The van der Waals surface area contributed by atoms with E-state index < -0.39 is 17.5 Å². The van der Waals surface area contributed by atoms with Crippen LogP contribution in [0.25, 0.3) is 11.3 Å². The molecule has 2 aromatic heterocycles. The highest BCUT2D eigenvalue weighted by Gasteiger charge is 2.34. The molecule has 0 radical (unpaired) electrons. The molecule has 142 valence electrons. The third-order valence-corrected chi connectivity index (χ3v) is 4.78. The minimum absolute atomic E-state index is 0.0176. The number of H-pyrrole nitrogens is 2. The zero-order valence-corrected chi connectivity index (χ0v) is 15.0. The zero-order chi connectivity index (χ0) is 19.5. The highest BCUT2D eigenvalue weighted by Crippen LogP contribution is 2.17. The molecule has 3 N–H and O–H groups in total. The van der Waals surface area contributed by atoms with Gasteiger partial charge in [0.1, 0.15) is 11.6 Å². The predicted octanol–water partition coefficient (Wildman–Crippen LogP) is 0.948. The lowest BCUT2D eigenvalue weighted by Gasteiger charge is -2.34. The van der Waals surface area contributed by atoms with Gasteiger partial charge in [-0.25, -0.2) is 4.98 Å². The summed E-state index contributed by atoms with van der Waals surface area (Å²) in [6, 6.07) is 11.9. The Morgan fingerprint density at radius 2 is 1.96 bits per heavy atom. The van der Waals surface area contributed by atoms with Crippen molar-refractivity contribution in [3.8, 4) is 11.3 Å². The van der Waals surface area contributed by atoms with Gasteiger partial charge < -0.3 is 20.2 Å². The predicted molar refractivity (Wildman–Crippen MR) is 103 cm³/mol. The smallest absolute Gasteiger partial charge is 0.261 e. The Morgan fingerprint density at radius 1 is 1.14 bits per heavy atom. The van der Waals surface area contributed by atoms with E-state index in [0.717, 1.165) is 11.3 Å². The largest absolute Gasteiger partial charge is 0.353 e. The number of nitrogens with zero attached hydrogens (tertiary/aromatic N) is 2. The molecule has 8 nitrogen and oxygen atoms in total. The third-order valence-electron chi connectivity index (χ3n) is 4.78. The molecule has 1 atom stereocenters. The second-order valence-electron chi connectivity index (χ2n) is 6.57. The van der Waals surface area contributed by atoms with Crippen LogP contribution in [0.1, 0.15) is 16.1 Å². The number of hydrogen-bond donors (Lipinski definition) is 3.